The highest BCUT2D eigenvalue weighted by Gasteiger charge is 2.22. The zero-order valence-corrected chi connectivity index (χ0v) is 16.7. The van der Waals surface area contributed by atoms with Crippen molar-refractivity contribution in [3.05, 3.63) is 54.2 Å². The second kappa shape index (κ2) is 9.48. The summed E-state index contributed by atoms with van der Waals surface area (Å²) >= 11 is 0. The van der Waals surface area contributed by atoms with Crippen LogP contribution < -0.4 is 10.2 Å². The number of aromatic nitrogens is 1. The highest BCUT2D eigenvalue weighted by atomic mass is 32.2. The van der Waals surface area contributed by atoms with Crippen LogP contribution >= 0.6 is 0 Å². The van der Waals surface area contributed by atoms with Crippen LogP contribution in [0.1, 0.15) is 19.4 Å². The lowest BCUT2D eigenvalue weighted by Crippen LogP contribution is -2.38. The Hall–Kier alpha value is -2.45. The molecule has 2 rings (SSSR count). The van der Waals surface area contributed by atoms with E-state index < -0.39 is 10.0 Å². The largest absolute Gasteiger partial charge is 0.357 e. The van der Waals surface area contributed by atoms with Crippen LogP contribution in [0.3, 0.4) is 0 Å². The quantitative estimate of drug-likeness (QED) is 0.707. The molecule has 0 aliphatic heterocycles. The molecule has 8 heteroatoms. The van der Waals surface area contributed by atoms with Crippen molar-refractivity contribution in [1.82, 2.24) is 14.6 Å². The predicted molar refractivity (Wildman–Crippen MR) is 106 cm³/mol. The van der Waals surface area contributed by atoms with Gasteiger partial charge in [-0.1, -0.05) is 24.3 Å². The van der Waals surface area contributed by atoms with Crippen LogP contribution in [0.25, 0.3) is 0 Å². The highest BCUT2D eigenvalue weighted by molar-refractivity contribution is 7.89. The van der Waals surface area contributed by atoms with E-state index in [9.17, 15) is 13.2 Å². The molecule has 146 valence electrons. The van der Waals surface area contributed by atoms with Gasteiger partial charge in [0.1, 0.15) is 5.82 Å². The summed E-state index contributed by atoms with van der Waals surface area (Å²) in [5.41, 5.74) is 0.854. The van der Waals surface area contributed by atoms with Crippen molar-refractivity contribution >= 4 is 21.7 Å². The zero-order chi connectivity index (χ0) is 19.9. The Balaban J connectivity index is 1.90. The van der Waals surface area contributed by atoms with Gasteiger partial charge < -0.3 is 10.2 Å². The second-order valence-corrected chi connectivity index (χ2v) is 8.09. The fraction of sp³-hybridized carbons (Fsp3) is 0.368. The first-order chi connectivity index (χ1) is 12.9. The summed E-state index contributed by atoms with van der Waals surface area (Å²) in [6, 6.07) is 11.9. The molecule has 7 nitrogen and oxygen atoms in total. The molecule has 0 atom stereocenters. The molecule has 1 amide bonds. The van der Waals surface area contributed by atoms with Crippen LogP contribution in [0.4, 0.5) is 5.82 Å². The summed E-state index contributed by atoms with van der Waals surface area (Å²) in [4.78, 5) is 18.8. The van der Waals surface area contributed by atoms with E-state index in [1.165, 1.54) is 19.2 Å². The molecule has 1 N–H and O–H groups in total. The molecule has 1 aromatic carbocycles. The molecule has 0 aliphatic rings. The molecule has 0 saturated carbocycles. The van der Waals surface area contributed by atoms with Crippen LogP contribution in [-0.4, -0.2) is 50.3 Å². The van der Waals surface area contributed by atoms with Crippen LogP contribution in [0.15, 0.2) is 53.6 Å². The lowest BCUT2D eigenvalue weighted by atomic mass is 10.2. The van der Waals surface area contributed by atoms with Crippen LogP contribution in [-0.2, 0) is 21.4 Å². The number of pyridine rings is 1. The Morgan fingerprint density at radius 1 is 1.07 bits per heavy atom. The Bertz CT molecular complexity index is 835. The number of hydrogen-bond donors (Lipinski definition) is 1. The number of anilines is 1. The molecule has 0 radical (unpaired) electrons. The third kappa shape index (κ3) is 5.51. The summed E-state index contributed by atoms with van der Waals surface area (Å²) in [5, 5.41) is 2.73. The number of rotatable bonds is 9. The minimum atomic E-state index is -3.68. The molecule has 0 saturated heterocycles. The normalized spacial score (nSPS) is 11.4. The van der Waals surface area contributed by atoms with Crippen molar-refractivity contribution < 1.29 is 13.2 Å². The van der Waals surface area contributed by atoms with Gasteiger partial charge >= 0.3 is 0 Å². The number of carbonyl (C=O) groups is 1. The number of carbonyl (C=O) groups excluding carboxylic acids is 1. The Labute approximate surface area is 161 Å². The van der Waals surface area contributed by atoms with E-state index in [2.05, 4.69) is 29.0 Å². The molecule has 1 aromatic heterocycles. The van der Waals surface area contributed by atoms with Crippen LogP contribution in [0.2, 0.25) is 0 Å². The molecule has 27 heavy (non-hydrogen) atoms. The lowest BCUT2D eigenvalue weighted by molar-refractivity contribution is -0.121. The van der Waals surface area contributed by atoms with E-state index in [0.29, 0.717) is 6.54 Å². The molecule has 0 spiro atoms. The molecule has 2 aromatic rings. The van der Waals surface area contributed by atoms with Gasteiger partial charge in [0, 0.05) is 32.9 Å². The maximum atomic E-state index is 12.4. The van der Waals surface area contributed by atoms with Crippen molar-refractivity contribution in [3.63, 3.8) is 0 Å². The fourth-order valence-corrected chi connectivity index (χ4v) is 3.72. The van der Waals surface area contributed by atoms with Crippen molar-refractivity contribution in [2.45, 2.75) is 25.3 Å². The standard InChI is InChI=1S/C19H26N4O3S/c1-4-23(5-2)18-12-11-16(13-20-18)14-21-19(24)15-22(3)27(25,26)17-9-7-6-8-10-17/h6-13H,4-5,14-15H2,1-3H3,(H,21,24). The lowest BCUT2D eigenvalue weighted by Gasteiger charge is -2.19. The predicted octanol–water partition coefficient (Wildman–Crippen LogP) is 1.86. The first kappa shape index (κ1) is 20.9. The Morgan fingerprint density at radius 3 is 2.30 bits per heavy atom. The minimum absolute atomic E-state index is 0.163. The van der Waals surface area contributed by atoms with E-state index in [1.807, 2.05) is 12.1 Å². The number of amides is 1. The van der Waals surface area contributed by atoms with Gasteiger partial charge in [-0.15, -0.1) is 0 Å². The Kier molecular flexibility index (Phi) is 7.32. The zero-order valence-electron chi connectivity index (χ0n) is 15.9. The average Bonchev–Trinajstić information content (AvgIpc) is 2.69. The van der Waals surface area contributed by atoms with Gasteiger partial charge in [-0.2, -0.15) is 4.31 Å². The number of sulfonamides is 1. The first-order valence-electron chi connectivity index (χ1n) is 8.86. The van der Waals surface area contributed by atoms with Gasteiger partial charge in [0.2, 0.25) is 15.9 Å². The van der Waals surface area contributed by atoms with E-state index >= 15 is 0 Å². The number of nitrogens with zero attached hydrogens (tertiary/aromatic N) is 3. The van der Waals surface area contributed by atoms with Gasteiger partial charge in [-0.3, -0.25) is 4.79 Å². The summed E-state index contributed by atoms with van der Waals surface area (Å²) in [6.07, 6.45) is 1.72. The molecular formula is C19H26N4O3S. The molecule has 0 unspecified atom stereocenters. The third-order valence-electron chi connectivity index (χ3n) is 4.20. The maximum Gasteiger partial charge on any atom is 0.243 e. The fourth-order valence-electron chi connectivity index (χ4n) is 2.57. The topological polar surface area (TPSA) is 82.6 Å². The molecule has 1 heterocycles. The SMILES string of the molecule is CCN(CC)c1ccc(CNC(=O)CN(C)S(=O)(=O)c2ccccc2)cn1. The van der Waals surface area contributed by atoms with Crippen molar-refractivity contribution in [1.29, 1.82) is 0 Å². The summed E-state index contributed by atoms with van der Waals surface area (Å²) in [6.45, 7) is 5.94. The Morgan fingerprint density at radius 2 is 1.74 bits per heavy atom. The molecule has 0 aliphatic carbocycles. The number of benzene rings is 1. The summed E-state index contributed by atoms with van der Waals surface area (Å²) < 4.78 is 25.9. The van der Waals surface area contributed by atoms with Crippen LogP contribution in [0, 0.1) is 0 Å². The monoisotopic (exact) mass is 390 g/mol. The minimum Gasteiger partial charge on any atom is -0.357 e. The molecular weight excluding hydrogens is 364 g/mol. The maximum absolute atomic E-state index is 12.4. The van der Waals surface area contributed by atoms with Crippen molar-refractivity contribution in [3.8, 4) is 0 Å². The van der Waals surface area contributed by atoms with E-state index in [-0.39, 0.29) is 17.3 Å². The van der Waals surface area contributed by atoms with Gasteiger partial charge in [0.15, 0.2) is 0 Å². The first-order valence-corrected chi connectivity index (χ1v) is 10.3. The van der Waals surface area contributed by atoms with Gasteiger partial charge in [0.05, 0.1) is 11.4 Å². The van der Waals surface area contributed by atoms with Crippen LogP contribution in [0.5, 0.6) is 0 Å². The number of likely N-dealkylation sites (N-methyl/N-ethyl adjacent to an activating group) is 1. The number of hydrogen-bond acceptors (Lipinski definition) is 5. The third-order valence-corrected chi connectivity index (χ3v) is 6.02. The highest BCUT2D eigenvalue weighted by Crippen LogP contribution is 2.13. The second-order valence-electron chi connectivity index (χ2n) is 6.05. The summed E-state index contributed by atoms with van der Waals surface area (Å²) in [5.74, 6) is 0.522. The van der Waals surface area contributed by atoms with Gasteiger partial charge in [0.25, 0.3) is 0 Å². The van der Waals surface area contributed by atoms with Gasteiger partial charge in [-0.05, 0) is 37.6 Å². The van der Waals surface area contributed by atoms with E-state index in [0.717, 1.165) is 28.8 Å². The average molecular weight is 391 g/mol. The summed E-state index contributed by atoms with van der Waals surface area (Å²) in [7, 11) is -2.29. The molecule has 0 bridgehead atoms. The number of nitrogens with one attached hydrogen (secondary N) is 1. The smallest absolute Gasteiger partial charge is 0.243 e. The molecule has 0 fully saturated rings. The van der Waals surface area contributed by atoms with Gasteiger partial charge in [-0.25, -0.2) is 13.4 Å². The van der Waals surface area contributed by atoms with Crippen molar-refractivity contribution in [2.75, 3.05) is 31.6 Å². The van der Waals surface area contributed by atoms with E-state index in [4.69, 9.17) is 0 Å². The van der Waals surface area contributed by atoms with E-state index in [1.54, 1.807) is 24.4 Å². The van der Waals surface area contributed by atoms with Crippen molar-refractivity contribution in [2.24, 2.45) is 0 Å².